The summed E-state index contributed by atoms with van der Waals surface area (Å²) in [7, 11) is 6.92. The van der Waals surface area contributed by atoms with E-state index in [0.717, 1.165) is 30.4 Å². The molecule has 0 spiro atoms. The van der Waals surface area contributed by atoms with Crippen molar-refractivity contribution in [2.45, 2.75) is 36.9 Å². The number of nitrogens with one attached hydrogen (secondary N) is 1. The summed E-state index contributed by atoms with van der Waals surface area (Å²) in [5, 5.41) is 3.32. The number of ether oxygens (including phenoxy) is 3. The molecule has 1 heterocycles. The molecule has 0 radical (unpaired) electrons. The minimum Gasteiger partial charge on any atom is -0.491 e. The molecule has 3 rings (SSSR count). The van der Waals surface area contributed by atoms with E-state index in [1.165, 1.54) is 5.56 Å². The van der Waals surface area contributed by atoms with Crippen molar-refractivity contribution in [3.63, 3.8) is 0 Å². The highest BCUT2D eigenvalue weighted by molar-refractivity contribution is 5.65. The van der Waals surface area contributed by atoms with Gasteiger partial charge in [-0.15, -0.1) is 0 Å². The first kappa shape index (κ1) is 19.6. The fourth-order valence-corrected chi connectivity index (χ4v) is 3.99. The number of nitrogens with zero attached hydrogens (tertiary/aromatic N) is 1. The van der Waals surface area contributed by atoms with Gasteiger partial charge >= 0.3 is 0 Å². The van der Waals surface area contributed by atoms with Gasteiger partial charge in [0.1, 0.15) is 0 Å². The van der Waals surface area contributed by atoms with E-state index in [1.54, 1.807) is 27.5 Å². The summed E-state index contributed by atoms with van der Waals surface area (Å²) in [6.07, 6.45) is 4.55. The Kier molecular flexibility index (Phi) is 5.99. The molecular formula is C21H29N3O3. The summed E-state index contributed by atoms with van der Waals surface area (Å²) >= 11 is 0. The minimum atomic E-state index is -0.249. The lowest BCUT2D eigenvalue weighted by Gasteiger charge is -2.24. The number of aromatic nitrogens is 1. The van der Waals surface area contributed by atoms with Crippen LogP contribution < -0.4 is 20.5 Å². The third kappa shape index (κ3) is 4.24. The Morgan fingerprint density at radius 3 is 2.41 bits per heavy atom. The van der Waals surface area contributed by atoms with Gasteiger partial charge in [-0.1, -0.05) is 24.3 Å². The second-order valence-corrected chi connectivity index (χ2v) is 7.25. The number of likely N-dealkylation sites (N-methyl/N-ethyl adjacent to an activating group) is 1. The van der Waals surface area contributed by atoms with Crippen LogP contribution in [0.3, 0.4) is 0 Å². The minimum absolute atomic E-state index is 0.164. The number of hydrogen-bond donors (Lipinski definition) is 2. The van der Waals surface area contributed by atoms with Crippen LogP contribution in [0.25, 0.3) is 11.1 Å². The van der Waals surface area contributed by atoms with Crippen LogP contribution in [0, 0.1) is 0 Å². The average Bonchev–Trinajstić information content (AvgIpc) is 3.03. The molecule has 1 saturated carbocycles. The molecule has 1 aromatic heterocycles. The van der Waals surface area contributed by atoms with Crippen LogP contribution in [-0.4, -0.2) is 51.0 Å². The van der Waals surface area contributed by atoms with Gasteiger partial charge in [-0.2, -0.15) is 0 Å². The highest BCUT2D eigenvalue weighted by Gasteiger charge is 2.42. The van der Waals surface area contributed by atoms with Gasteiger partial charge in [-0.05, 0) is 43.5 Å². The normalized spacial score (nSPS) is 24.8. The molecule has 1 fully saturated rings. The maximum Gasteiger partial charge on any atom is 0.256 e. The molecule has 0 saturated heterocycles. The van der Waals surface area contributed by atoms with Crippen molar-refractivity contribution in [2.75, 3.05) is 28.4 Å². The molecule has 3 unspecified atom stereocenters. The number of hydrogen-bond acceptors (Lipinski definition) is 6. The van der Waals surface area contributed by atoms with Gasteiger partial charge in [0.2, 0.25) is 0 Å². The zero-order chi connectivity index (χ0) is 19.4. The maximum absolute atomic E-state index is 6.68. The Hall–Kier alpha value is -2.15. The Labute approximate surface area is 161 Å². The van der Waals surface area contributed by atoms with Crippen molar-refractivity contribution in [1.29, 1.82) is 0 Å². The second-order valence-electron chi connectivity index (χ2n) is 7.25. The van der Waals surface area contributed by atoms with Gasteiger partial charge in [0.05, 0.1) is 20.3 Å². The summed E-state index contributed by atoms with van der Waals surface area (Å²) in [4.78, 5) is 4.31. The largest absolute Gasteiger partial charge is 0.491 e. The Morgan fingerprint density at radius 1 is 1.11 bits per heavy atom. The van der Waals surface area contributed by atoms with Crippen molar-refractivity contribution in [3.8, 4) is 22.8 Å². The van der Waals surface area contributed by atoms with Crippen molar-refractivity contribution in [1.82, 2.24) is 10.3 Å². The second kappa shape index (κ2) is 8.25. The van der Waals surface area contributed by atoms with Crippen LogP contribution in [0.15, 0.2) is 36.5 Å². The molecule has 3 atom stereocenters. The summed E-state index contributed by atoms with van der Waals surface area (Å²) in [5.41, 5.74) is 9.72. The SMILES string of the molecule is CNC1CC(N)(Cc2ccc(-c3cnc(OC)c(OC)c3)cc2)CC1OC. The molecule has 146 valence electrons. The Balaban J connectivity index is 1.74. The van der Waals surface area contributed by atoms with E-state index in [-0.39, 0.29) is 11.6 Å². The highest BCUT2D eigenvalue weighted by atomic mass is 16.5. The lowest BCUT2D eigenvalue weighted by Crippen LogP contribution is -2.41. The van der Waals surface area contributed by atoms with Crippen molar-refractivity contribution in [2.24, 2.45) is 5.73 Å². The predicted molar refractivity (Wildman–Crippen MR) is 106 cm³/mol. The Morgan fingerprint density at radius 2 is 1.85 bits per heavy atom. The van der Waals surface area contributed by atoms with E-state index >= 15 is 0 Å². The van der Waals surface area contributed by atoms with E-state index in [1.807, 2.05) is 13.1 Å². The van der Waals surface area contributed by atoms with Gasteiger partial charge in [0.25, 0.3) is 5.88 Å². The van der Waals surface area contributed by atoms with E-state index in [2.05, 4.69) is 34.6 Å². The zero-order valence-electron chi connectivity index (χ0n) is 16.5. The van der Waals surface area contributed by atoms with Gasteiger partial charge in [0.15, 0.2) is 5.75 Å². The van der Waals surface area contributed by atoms with E-state index in [4.69, 9.17) is 19.9 Å². The van der Waals surface area contributed by atoms with Gasteiger partial charge in [-0.3, -0.25) is 0 Å². The molecule has 2 aromatic rings. The van der Waals surface area contributed by atoms with E-state index in [0.29, 0.717) is 17.7 Å². The first-order valence-electron chi connectivity index (χ1n) is 9.18. The number of benzene rings is 1. The molecular weight excluding hydrogens is 342 g/mol. The molecule has 1 aromatic carbocycles. The van der Waals surface area contributed by atoms with Crippen LogP contribution in [-0.2, 0) is 11.2 Å². The number of nitrogens with two attached hydrogens (primary N) is 1. The molecule has 27 heavy (non-hydrogen) atoms. The molecule has 0 aliphatic heterocycles. The van der Waals surface area contributed by atoms with Crippen LogP contribution in [0.4, 0.5) is 0 Å². The monoisotopic (exact) mass is 371 g/mol. The molecule has 3 N–H and O–H groups in total. The van der Waals surface area contributed by atoms with Crippen molar-refractivity contribution >= 4 is 0 Å². The summed E-state index contributed by atoms with van der Waals surface area (Å²) in [5.74, 6) is 1.10. The molecule has 1 aliphatic carbocycles. The fourth-order valence-electron chi connectivity index (χ4n) is 3.99. The van der Waals surface area contributed by atoms with Crippen LogP contribution >= 0.6 is 0 Å². The Bertz CT molecular complexity index is 752. The van der Waals surface area contributed by atoms with Crippen LogP contribution in [0.1, 0.15) is 18.4 Å². The summed E-state index contributed by atoms with van der Waals surface area (Å²) in [6.45, 7) is 0. The third-order valence-electron chi connectivity index (χ3n) is 5.43. The van der Waals surface area contributed by atoms with E-state index in [9.17, 15) is 0 Å². The smallest absolute Gasteiger partial charge is 0.256 e. The zero-order valence-corrected chi connectivity index (χ0v) is 16.5. The molecule has 6 heteroatoms. The first-order chi connectivity index (χ1) is 13.0. The first-order valence-corrected chi connectivity index (χ1v) is 9.18. The lowest BCUT2D eigenvalue weighted by molar-refractivity contribution is 0.0841. The van der Waals surface area contributed by atoms with Crippen molar-refractivity contribution in [3.05, 3.63) is 42.1 Å². The third-order valence-corrected chi connectivity index (χ3v) is 5.43. The van der Waals surface area contributed by atoms with Crippen LogP contribution in [0.5, 0.6) is 11.6 Å². The summed E-state index contributed by atoms with van der Waals surface area (Å²) < 4.78 is 16.1. The summed E-state index contributed by atoms with van der Waals surface area (Å²) in [6, 6.07) is 10.7. The van der Waals surface area contributed by atoms with Gasteiger partial charge in [0, 0.05) is 30.5 Å². The van der Waals surface area contributed by atoms with Crippen molar-refractivity contribution < 1.29 is 14.2 Å². The number of pyridine rings is 1. The standard InChI is InChI=1S/C21H29N3O3/c1-23-17-11-21(22,12-19(17)26-3)10-14-5-7-15(8-6-14)16-9-18(25-2)20(27-4)24-13-16/h5-9,13,17,19,23H,10-12,22H2,1-4H3. The molecule has 0 amide bonds. The van der Waals surface area contributed by atoms with E-state index < -0.39 is 0 Å². The average molecular weight is 371 g/mol. The van der Waals surface area contributed by atoms with Gasteiger partial charge in [-0.25, -0.2) is 4.98 Å². The quantitative estimate of drug-likeness (QED) is 0.778. The number of methoxy groups -OCH3 is 3. The maximum atomic E-state index is 6.68. The molecule has 1 aliphatic rings. The molecule has 0 bridgehead atoms. The highest BCUT2D eigenvalue weighted by Crippen LogP contribution is 2.34. The fraction of sp³-hybridized carbons (Fsp3) is 0.476. The lowest BCUT2D eigenvalue weighted by atomic mass is 9.89. The number of rotatable bonds is 7. The van der Waals surface area contributed by atoms with Crippen LogP contribution in [0.2, 0.25) is 0 Å². The van der Waals surface area contributed by atoms with Gasteiger partial charge < -0.3 is 25.3 Å². The topological polar surface area (TPSA) is 78.6 Å². The molecule has 6 nitrogen and oxygen atoms in total. The predicted octanol–water partition coefficient (Wildman–Crippen LogP) is 2.40.